The van der Waals surface area contributed by atoms with Crippen molar-refractivity contribution in [1.82, 2.24) is 0 Å². The molecule has 1 aliphatic rings. The summed E-state index contributed by atoms with van der Waals surface area (Å²) in [5.74, 6) is 0.716. The van der Waals surface area contributed by atoms with Gasteiger partial charge in [0.25, 0.3) is 0 Å². The molecule has 2 aromatic carbocycles. The van der Waals surface area contributed by atoms with Gasteiger partial charge in [0.2, 0.25) is 0 Å². The maximum atomic E-state index is 6.23. The van der Waals surface area contributed by atoms with Gasteiger partial charge in [0, 0.05) is 11.7 Å². The van der Waals surface area contributed by atoms with E-state index in [9.17, 15) is 0 Å². The summed E-state index contributed by atoms with van der Waals surface area (Å²) in [5.41, 5.74) is 9.68. The van der Waals surface area contributed by atoms with Crippen LogP contribution in [0.1, 0.15) is 36.6 Å². The predicted octanol–water partition coefficient (Wildman–Crippen LogP) is 4.30. The van der Waals surface area contributed by atoms with Gasteiger partial charge in [-0.15, -0.1) is 0 Å². The van der Waals surface area contributed by atoms with Gasteiger partial charge in [-0.1, -0.05) is 35.9 Å². The Balaban J connectivity index is 1.80. The predicted molar refractivity (Wildman–Crippen MR) is 87.0 cm³/mol. The van der Waals surface area contributed by atoms with Crippen LogP contribution in [0.25, 0.3) is 0 Å². The topological polar surface area (TPSA) is 47.3 Å². The third-order valence-electron chi connectivity index (χ3n) is 3.83. The smallest absolute Gasteiger partial charge is 0.138 e. The molecule has 0 saturated carbocycles. The average Bonchev–Trinajstić information content (AvgIpc) is 2.79. The number of halogens is 1. The van der Waals surface area contributed by atoms with Gasteiger partial charge in [0.1, 0.15) is 5.75 Å². The fraction of sp³-hybridized carbons (Fsp3) is 0.294. The van der Waals surface area contributed by atoms with Crippen LogP contribution in [-0.4, -0.2) is 6.61 Å². The molecule has 0 radical (unpaired) electrons. The van der Waals surface area contributed by atoms with Crippen LogP contribution < -0.4 is 15.8 Å². The minimum absolute atomic E-state index is 0.0943. The van der Waals surface area contributed by atoms with Crippen LogP contribution in [0.5, 0.6) is 5.75 Å². The van der Waals surface area contributed by atoms with Crippen molar-refractivity contribution >= 4 is 17.3 Å². The van der Waals surface area contributed by atoms with Gasteiger partial charge in [-0.3, -0.25) is 0 Å². The highest BCUT2D eigenvalue weighted by Crippen LogP contribution is 2.39. The van der Waals surface area contributed by atoms with Crippen molar-refractivity contribution in [3.05, 3.63) is 58.6 Å². The molecule has 1 aliphatic carbocycles. The highest BCUT2D eigenvalue weighted by Gasteiger charge is 2.28. The summed E-state index contributed by atoms with van der Waals surface area (Å²) in [7, 11) is 0. The minimum atomic E-state index is 0.0943. The summed E-state index contributed by atoms with van der Waals surface area (Å²) in [5, 5.41) is 4.14. The molecule has 0 aromatic heterocycles. The van der Waals surface area contributed by atoms with Crippen LogP contribution in [-0.2, 0) is 0 Å². The Kier molecular flexibility index (Phi) is 4.04. The van der Waals surface area contributed by atoms with E-state index < -0.39 is 0 Å². The molecule has 110 valence electrons. The van der Waals surface area contributed by atoms with Crippen molar-refractivity contribution < 1.29 is 4.74 Å². The van der Waals surface area contributed by atoms with E-state index in [1.165, 1.54) is 11.1 Å². The van der Waals surface area contributed by atoms with E-state index >= 15 is 0 Å². The molecular weight excluding hydrogens is 284 g/mol. The van der Waals surface area contributed by atoms with Gasteiger partial charge in [-0.25, -0.2) is 0 Å². The Morgan fingerprint density at radius 1 is 1.24 bits per heavy atom. The van der Waals surface area contributed by atoms with Crippen molar-refractivity contribution in [3.63, 3.8) is 0 Å². The Morgan fingerprint density at radius 3 is 2.71 bits per heavy atom. The van der Waals surface area contributed by atoms with Gasteiger partial charge in [0.15, 0.2) is 0 Å². The summed E-state index contributed by atoms with van der Waals surface area (Å²) in [6.07, 6.45) is 0.893. The SMILES string of the molecule is CCOc1ccc(NC2CC(N)c3ccccc32)cc1Cl. The number of anilines is 1. The van der Waals surface area contributed by atoms with E-state index in [0.717, 1.165) is 12.1 Å². The van der Waals surface area contributed by atoms with Crippen molar-refractivity contribution in [2.24, 2.45) is 5.73 Å². The van der Waals surface area contributed by atoms with Crippen molar-refractivity contribution in [1.29, 1.82) is 0 Å². The third kappa shape index (κ3) is 2.85. The Hall–Kier alpha value is -1.71. The van der Waals surface area contributed by atoms with Gasteiger partial charge in [0.05, 0.1) is 17.7 Å². The molecule has 0 saturated heterocycles. The van der Waals surface area contributed by atoms with E-state index in [0.29, 0.717) is 17.4 Å². The summed E-state index contributed by atoms with van der Waals surface area (Å²) >= 11 is 6.23. The molecule has 0 fully saturated rings. The van der Waals surface area contributed by atoms with Crippen LogP contribution in [0.4, 0.5) is 5.69 Å². The zero-order valence-electron chi connectivity index (χ0n) is 12.0. The van der Waals surface area contributed by atoms with Crippen molar-refractivity contribution in [3.8, 4) is 5.75 Å². The monoisotopic (exact) mass is 302 g/mol. The molecule has 4 heteroatoms. The lowest BCUT2D eigenvalue weighted by Gasteiger charge is -2.16. The van der Waals surface area contributed by atoms with Crippen LogP contribution in [0.3, 0.4) is 0 Å². The zero-order chi connectivity index (χ0) is 14.8. The molecule has 2 unspecified atom stereocenters. The lowest BCUT2D eigenvalue weighted by molar-refractivity contribution is 0.340. The molecule has 0 spiro atoms. The second kappa shape index (κ2) is 5.96. The zero-order valence-corrected chi connectivity index (χ0v) is 12.7. The van der Waals surface area contributed by atoms with Gasteiger partial charge < -0.3 is 15.8 Å². The number of rotatable bonds is 4. The van der Waals surface area contributed by atoms with E-state index in [1.807, 2.05) is 31.2 Å². The Bertz CT molecular complexity index is 644. The molecule has 0 aliphatic heterocycles. The molecule has 3 nitrogen and oxygen atoms in total. The molecule has 2 atom stereocenters. The first-order chi connectivity index (χ1) is 10.2. The highest BCUT2D eigenvalue weighted by atomic mass is 35.5. The Morgan fingerprint density at radius 2 is 2.00 bits per heavy atom. The standard InChI is InChI=1S/C17H19ClN2O/c1-2-21-17-8-7-11(9-14(17)18)20-16-10-15(19)12-5-3-4-6-13(12)16/h3-9,15-16,20H,2,10,19H2,1H3. The van der Waals surface area contributed by atoms with E-state index in [1.54, 1.807) is 0 Å². The number of nitrogens with two attached hydrogens (primary N) is 1. The molecule has 21 heavy (non-hydrogen) atoms. The summed E-state index contributed by atoms with van der Waals surface area (Å²) in [4.78, 5) is 0. The normalized spacial score (nSPS) is 20.1. The maximum absolute atomic E-state index is 6.23. The second-order valence-electron chi connectivity index (χ2n) is 5.25. The number of benzene rings is 2. The minimum Gasteiger partial charge on any atom is -0.492 e. The Labute approximate surface area is 130 Å². The van der Waals surface area contributed by atoms with Crippen molar-refractivity contribution in [2.45, 2.75) is 25.4 Å². The van der Waals surface area contributed by atoms with Gasteiger partial charge in [-0.2, -0.15) is 0 Å². The fourth-order valence-corrected chi connectivity index (χ4v) is 3.11. The molecule has 3 rings (SSSR count). The number of hydrogen-bond donors (Lipinski definition) is 2. The maximum Gasteiger partial charge on any atom is 0.138 e. The van der Waals surface area contributed by atoms with Gasteiger partial charge in [-0.05, 0) is 42.7 Å². The number of hydrogen-bond acceptors (Lipinski definition) is 3. The van der Waals surface area contributed by atoms with Gasteiger partial charge >= 0.3 is 0 Å². The quantitative estimate of drug-likeness (QED) is 0.885. The van der Waals surface area contributed by atoms with Crippen molar-refractivity contribution in [2.75, 3.05) is 11.9 Å². The molecule has 0 heterocycles. The number of fused-ring (bicyclic) bond motifs is 1. The van der Waals surface area contributed by atoms with E-state index in [4.69, 9.17) is 22.1 Å². The average molecular weight is 303 g/mol. The van der Waals surface area contributed by atoms with Crippen LogP contribution in [0.15, 0.2) is 42.5 Å². The summed E-state index contributed by atoms with van der Waals surface area (Å²) in [6, 6.07) is 14.4. The van der Waals surface area contributed by atoms with E-state index in [-0.39, 0.29) is 12.1 Å². The van der Waals surface area contributed by atoms with E-state index in [2.05, 4.69) is 23.5 Å². The largest absolute Gasteiger partial charge is 0.492 e. The molecule has 2 aromatic rings. The lowest BCUT2D eigenvalue weighted by atomic mass is 10.1. The molecule has 0 bridgehead atoms. The third-order valence-corrected chi connectivity index (χ3v) is 4.13. The first-order valence-corrected chi connectivity index (χ1v) is 7.60. The van der Waals surface area contributed by atoms with Crippen LogP contribution in [0.2, 0.25) is 5.02 Å². The second-order valence-corrected chi connectivity index (χ2v) is 5.65. The lowest BCUT2D eigenvalue weighted by Crippen LogP contribution is -2.10. The fourth-order valence-electron chi connectivity index (χ4n) is 2.87. The first-order valence-electron chi connectivity index (χ1n) is 7.22. The van der Waals surface area contributed by atoms with Crippen LogP contribution >= 0.6 is 11.6 Å². The number of ether oxygens (including phenoxy) is 1. The first kappa shape index (κ1) is 14.2. The highest BCUT2D eigenvalue weighted by molar-refractivity contribution is 6.32. The molecule has 3 N–H and O–H groups in total. The summed E-state index contributed by atoms with van der Waals surface area (Å²) in [6.45, 7) is 2.55. The molecule has 0 amide bonds. The number of nitrogens with one attached hydrogen (secondary N) is 1. The van der Waals surface area contributed by atoms with Crippen LogP contribution in [0, 0.1) is 0 Å². The summed E-state index contributed by atoms with van der Waals surface area (Å²) < 4.78 is 5.46. The molecular formula is C17H19ClN2O.